The molecule has 2 aromatic carbocycles. The molecule has 7 heteroatoms. The number of benzene rings is 2. The first-order chi connectivity index (χ1) is 14.3. The van der Waals surface area contributed by atoms with E-state index < -0.39 is 5.97 Å². The van der Waals surface area contributed by atoms with E-state index in [1.54, 1.807) is 36.4 Å². The number of halogens is 1. The highest BCUT2D eigenvalue weighted by atomic mass is 19.1. The minimum Gasteiger partial charge on any atom is -0.496 e. The Morgan fingerprint density at radius 2 is 1.70 bits per heavy atom. The van der Waals surface area contributed by atoms with Gasteiger partial charge in [0.1, 0.15) is 17.1 Å². The number of nitrogens with one attached hydrogen (secondary N) is 1. The number of hydrogen-bond acceptors (Lipinski definition) is 4. The summed E-state index contributed by atoms with van der Waals surface area (Å²) in [6.45, 7) is 3.96. The molecule has 0 fully saturated rings. The van der Waals surface area contributed by atoms with Crippen LogP contribution in [0.5, 0.6) is 5.75 Å². The van der Waals surface area contributed by atoms with Crippen molar-refractivity contribution in [3.63, 3.8) is 0 Å². The second-order valence-electron chi connectivity index (χ2n) is 6.81. The maximum absolute atomic E-state index is 13.2. The van der Waals surface area contributed by atoms with E-state index in [0.717, 1.165) is 22.6 Å². The van der Waals surface area contributed by atoms with Crippen LogP contribution in [0.1, 0.15) is 37.7 Å². The second kappa shape index (κ2) is 8.82. The van der Waals surface area contributed by atoms with Crippen molar-refractivity contribution in [1.82, 2.24) is 9.88 Å². The van der Waals surface area contributed by atoms with Crippen molar-refractivity contribution < 1.29 is 23.5 Å². The van der Waals surface area contributed by atoms with Crippen LogP contribution in [0.4, 0.5) is 4.39 Å². The lowest BCUT2D eigenvalue weighted by atomic mass is 10.1. The zero-order valence-corrected chi connectivity index (χ0v) is 17.3. The second-order valence-corrected chi connectivity index (χ2v) is 6.81. The molecular formula is C23H23FN2O4. The number of esters is 1. The normalized spacial score (nSPS) is 10.6. The van der Waals surface area contributed by atoms with Crippen LogP contribution in [0.15, 0.2) is 48.5 Å². The standard InChI is InChI=1S/C23H23FN2O4/c1-14-11-19(15(2)26(14)18-8-6-17(24)7-9-18)22(27)25-13-16-5-10-21(29-3)20(12-16)23(28)30-4/h5-12H,13H2,1-4H3,(H,25,27). The Hall–Kier alpha value is -3.61. The zero-order valence-electron chi connectivity index (χ0n) is 17.3. The molecule has 0 spiro atoms. The molecule has 0 atom stereocenters. The first-order valence-corrected chi connectivity index (χ1v) is 9.34. The predicted molar refractivity (Wildman–Crippen MR) is 111 cm³/mol. The summed E-state index contributed by atoms with van der Waals surface area (Å²) in [5.41, 5.74) is 3.95. The Balaban J connectivity index is 1.80. The van der Waals surface area contributed by atoms with Gasteiger partial charge in [0, 0.05) is 23.6 Å². The number of ether oxygens (including phenoxy) is 2. The molecule has 0 bridgehead atoms. The SMILES string of the molecule is COC(=O)c1cc(CNC(=O)c2cc(C)n(-c3ccc(F)cc3)c2C)ccc1OC. The first-order valence-electron chi connectivity index (χ1n) is 9.34. The first kappa shape index (κ1) is 21.1. The lowest BCUT2D eigenvalue weighted by Crippen LogP contribution is -2.23. The number of carbonyl (C=O) groups is 2. The van der Waals surface area contributed by atoms with Crippen molar-refractivity contribution in [2.45, 2.75) is 20.4 Å². The number of aryl methyl sites for hydroxylation is 1. The largest absolute Gasteiger partial charge is 0.496 e. The van der Waals surface area contributed by atoms with E-state index in [4.69, 9.17) is 9.47 Å². The lowest BCUT2D eigenvalue weighted by Gasteiger charge is -2.11. The number of nitrogens with zero attached hydrogens (tertiary/aromatic N) is 1. The van der Waals surface area contributed by atoms with Gasteiger partial charge in [-0.15, -0.1) is 0 Å². The number of methoxy groups -OCH3 is 2. The van der Waals surface area contributed by atoms with Gasteiger partial charge in [-0.1, -0.05) is 6.07 Å². The third-order valence-corrected chi connectivity index (χ3v) is 4.88. The number of rotatable bonds is 6. The van der Waals surface area contributed by atoms with Gasteiger partial charge in [0.15, 0.2) is 0 Å². The Labute approximate surface area is 174 Å². The number of aromatic nitrogens is 1. The molecule has 0 unspecified atom stereocenters. The summed E-state index contributed by atoms with van der Waals surface area (Å²) in [5.74, 6) is -0.667. The fourth-order valence-corrected chi connectivity index (χ4v) is 3.39. The highest BCUT2D eigenvalue weighted by Crippen LogP contribution is 2.23. The van der Waals surface area contributed by atoms with Crippen LogP contribution in [0, 0.1) is 19.7 Å². The molecule has 0 radical (unpaired) electrons. The van der Waals surface area contributed by atoms with Gasteiger partial charge in [-0.05, 0) is 61.9 Å². The minimum absolute atomic E-state index is 0.229. The van der Waals surface area contributed by atoms with Crippen LogP contribution in [0.3, 0.4) is 0 Å². The summed E-state index contributed by atoms with van der Waals surface area (Å²) in [5, 5.41) is 2.87. The van der Waals surface area contributed by atoms with Gasteiger partial charge in [0.25, 0.3) is 5.91 Å². The topological polar surface area (TPSA) is 69.6 Å². The van der Waals surface area contributed by atoms with Crippen LogP contribution in [0.25, 0.3) is 5.69 Å². The third-order valence-electron chi connectivity index (χ3n) is 4.88. The van der Waals surface area contributed by atoms with E-state index in [1.807, 2.05) is 18.4 Å². The maximum Gasteiger partial charge on any atom is 0.341 e. The number of carbonyl (C=O) groups excluding carboxylic acids is 2. The molecule has 1 N–H and O–H groups in total. The highest BCUT2D eigenvalue weighted by molar-refractivity contribution is 5.96. The van der Waals surface area contributed by atoms with E-state index in [-0.39, 0.29) is 18.3 Å². The van der Waals surface area contributed by atoms with E-state index in [1.165, 1.54) is 26.4 Å². The monoisotopic (exact) mass is 410 g/mol. The van der Waals surface area contributed by atoms with Gasteiger partial charge in [0.2, 0.25) is 0 Å². The molecular weight excluding hydrogens is 387 g/mol. The maximum atomic E-state index is 13.2. The molecule has 0 aliphatic heterocycles. The summed E-state index contributed by atoms with van der Waals surface area (Å²) >= 11 is 0. The van der Waals surface area contributed by atoms with Crippen LogP contribution in [0.2, 0.25) is 0 Å². The Bertz CT molecular complexity index is 1090. The Kier molecular flexibility index (Phi) is 6.20. The van der Waals surface area contributed by atoms with E-state index in [9.17, 15) is 14.0 Å². The Morgan fingerprint density at radius 3 is 2.33 bits per heavy atom. The highest BCUT2D eigenvalue weighted by Gasteiger charge is 2.18. The van der Waals surface area contributed by atoms with Crippen molar-refractivity contribution in [2.24, 2.45) is 0 Å². The third kappa shape index (κ3) is 4.20. The van der Waals surface area contributed by atoms with Crippen LogP contribution >= 0.6 is 0 Å². The number of hydrogen-bond donors (Lipinski definition) is 1. The summed E-state index contributed by atoms with van der Waals surface area (Å²) in [7, 11) is 2.77. The van der Waals surface area contributed by atoms with Gasteiger partial charge in [-0.25, -0.2) is 9.18 Å². The molecule has 1 heterocycles. The molecule has 1 aromatic heterocycles. The fraction of sp³-hybridized carbons (Fsp3) is 0.217. The minimum atomic E-state index is -0.511. The molecule has 30 heavy (non-hydrogen) atoms. The van der Waals surface area contributed by atoms with Gasteiger partial charge in [0.05, 0.1) is 19.8 Å². The van der Waals surface area contributed by atoms with Crippen LogP contribution in [-0.2, 0) is 11.3 Å². The summed E-state index contributed by atoms with van der Waals surface area (Å²) < 4.78 is 25.1. The Morgan fingerprint density at radius 1 is 1.00 bits per heavy atom. The van der Waals surface area contributed by atoms with Crippen molar-refractivity contribution >= 4 is 11.9 Å². The molecule has 6 nitrogen and oxygen atoms in total. The predicted octanol–water partition coefficient (Wildman–Crippen LogP) is 3.96. The van der Waals surface area contributed by atoms with E-state index >= 15 is 0 Å². The fourth-order valence-electron chi connectivity index (χ4n) is 3.39. The molecule has 0 saturated carbocycles. The van der Waals surface area contributed by atoms with Gasteiger partial charge < -0.3 is 19.4 Å². The van der Waals surface area contributed by atoms with Crippen molar-refractivity contribution in [1.29, 1.82) is 0 Å². The quantitative estimate of drug-likeness (QED) is 0.625. The van der Waals surface area contributed by atoms with Gasteiger partial charge in [-0.2, -0.15) is 0 Å². The summed E-state index contributed by atoms with van der Waals surface area (Å²) in [6, 6.07) is 13.0. The zero-order chi connectivity index (χ0) is 21.8. The lowest BCUT2D eigenvalue weighted by molar-refractivity contribution is 0.0597. The average molecular weight is 410 g/mol. The molecule has 0 aliphatic rings. The molecule has 1 amide bonds. The molecule has 3 aromatic rings. The average Bonchev–Trinajstić information content (AvgIpc) is 3.06. The van der Waals surface area contributed by atoms with E-state index in [0.29, 0.717) is 16.9 Å². The van der Waals surface area contributed by atoms with Crippen molar-refractivity contribution in [3.05, 3.63) is 82.4 Å². The molecule has 3 rings (SSSR count). The van der Waals surface area contributed by atoms with Crippen molar-refractivity contribution in [3.8, 4) is 11.4 Å². The van der Waals surface area contributed by atoms with Gasteiger partial charge >= 0.3 is 5.97 Å². The summed E-state index contributed by atoms with van der Waals surface area (Å²) in [4.78, 5) is 24.7. The smallest absolute Gasteiger partial charge is 0.341 e. The van der Waals surface area contributed by atoms with E-state index in [2.05, 4.69) is 5.32 Å². The van der Waals surface area contributed by atoms with Crippen molar-refractivity contribution in [2.75, 3.05) is 14.2 Å². The molecule has 0 saturated heterocycles. The summed E-state index contributed by atoms with van der Waals surface area (Å²) in [6.07, 6.45) is 0. The van der Waals surface area contributed by atoms with Gasteiger partial charge in [-0.3, -0.25) is 4.79 Å². The molecule has 156 valence electrons. The van der Waals surface area contributed by atoms with Crippen LogP contribution in [-0.4, -0.2) is 30.7 Å². The number of amides is 1. The molecule has 0 aliphatic carbocycles. The van der Waals surface area contributed by atoms with Crippen LogP contribution < -0.4 is 10.1 Å².